The summed E-state index contributed by atoms with van der Waals surface area (Å²) in [6.07, 6.45) is 0.598. The van der Waals surface area contributed by atoms with Crippen LogP contribution < -0.4 is 0 Å². The van der Waals surface area contributed by atoms with Crippen LogP contribution in [0.15, 0.2) is 12.7 Å². The van der Waals surface area contributed by atoms with Crippen molar-refractivity contribution in [2.75, 3.05) is 6.61 Å². The Morgan fingerprint density at radius 2 is 2.17 bits per heavy atom. The Kier molecular flexibility index (Phi) is 4.76. The first kappa shape index (κ1) is 10.7. The van der Waals surface area contributed by atoms with Crippen LogP contribution in [0.25, 0.3) is 0 Å². The van der Waals surface area contributed by atoms with Gasteiger partial charge in [-0.15, -0.1) is 0 Å². The molecular weight excluding hydrogens is 160 g/mol. The summed E-state index contributed by atoms with van der Waals surface area (Å²) in [6, 6.07) is 0. The maximum Gasteiger partial charge on any atom is 0.347 e. The Balaban J connectivity index is 3.76. The molecule has 0 amide bonds. The molecule has 12 heavy (non-hydrogen) atoms. The fraction of sp³-hybridized carbons (Fsp3) is 0.500. The quantitative estimate of drug-likeness (QED) is 0.462. The molecule has 0 aromatic carbocycles. The minimum atomic E-state index is -0.845. The molecule has 0 saturated heterocycles. The lowest BCUT2D eigenvalue weighted by Crippen LogP contribution is -2.25. The maximum absolute atomic E-state index is 10.9. The second-order valence-electron chi connectivity index (χ2n) is 2.17. The number of hydrogen-bond acceptors (Lipinski definition) is 4. The van der Waals surface area contributed by atoms with Crippen molar-refractivity contribution in [2.24, 2.45) is 0 Å². The van der Waals surface area contributed by atoms with Crippen LogP contribution in [-0.2, 0) is 19.1 Å². The zero-order valence-electron chi connectivity index (χ0n) is 7.20. The topological polar surface area (TPSA) is 52.6 Å². The fourth-order valence-electron chi connectivity index (χ4n) is 0.555. The molecule has 0 aliphatic rings. The summed E-state index contributed by atoms with van der Waals surface area (Å²) in [6.45, 7) is 6.18. The van der Waals surface area contributed by atoms with Crippen molar-refractivity contribution in [3.8, 4) is 0 Å². The van der Waals surface area contributed by atoms with Gasteiger partial charge >= 0.3 is 11.9 Å². The molecule has 0 bridgehead atoms. The van der Waals surface area contributed by atoms with Crippen LogP contribution in [-0.4, -0.2) is 24.6 Å². The first-order valence-electron chi connectivity index (χ1n) is 3.52. The van der Waals surface area contributed by atoms with Gasteiger partial charge in [0.15, 0.2) is 6.10 Å². The zero-order chi connectivity index (χ0) is 9.56. The summed E-state index contributed by atoms with van der Waals surface area (Å²) in [4.78, 5) is 21.3. The van der Waals surface area contributed by atoms with Gasteiger partial charge < -0.3 is 9.47 Å². The van der Waals surface area contributed by atoms with E-state index in [2.05, 4.69) is 16.1 Å². The third-order valence-electron chi connectivity index (χ3n) is 1.02. The summed E-state index contributed by atoms with van der Waals surface area (Å²) in [5, 5.41) is 0. The molecule has 0 aromatic heterocycles. The van der Waals surface area contributed by atoms with Gasteiger partial charge in [0.2, 0.25) is 0 Å². The molecule has 0 aliphatic carbocycles. The Bertz CT molecular complexity index is 185. The molecule has 0 aliphatic heterocycles. The van der Waals surface area contributed by atoms with Crippen molar-refractivity contribution in [2.45, 2.75) is 20.0 Å². The molecule has 0 spiro atoms. The number of ether oxygens (including phenoxy) is 2. The van der Waals surface area contributed by atoms with E-state index in [1.54, 1.807) is 0 Å². The lowest BCUT2D eigenvalue weighted by Gasteiger charge is -2.09. The Hall–Kier alpha value is -1.32. The van der Waals surface area contributed by atoms with Crippen LogP contribution in [0.2, 0.25) is 0 Å². The summed E-state index contributed by atoms with van der Waals surface area (Å²) < 4.78 is 9.18. The second kappa shape index (κ2) is 5.35. The van der Waals surface area contributed by atoms with E-state index in [1.807, 2.05) is 0 Å². The molecule has 4 heteroatoms. The van der Waals surface area contributed by atoms with Crippen molar-refractivity contribution in [3.63, 3.8) is 0 Å². The van der Waals surface area contributed by atoms with Crippen LogP contribution in [0.1, 0.15) is 13.8 Å². The number of carbonyl (C=O) groups is 2. The highest BCUT2D eigenvalue weighted by molar-refractivity contribution is 5.78. The minimum absolute atomic E-state index is 0.129. The Labute approximate surface area is 71.2 Å². The van der Waals surface area contributed by atoms with Crippen molar-refractivity contribution in [1.82, 2.24) is 0 Å². The number of rotatable bonds is 4. The molecule has 4 nitrogen and oxygen atoms in total. The van der Waals surface area contributed by atoms with E-state index in [0.717, 1.165) is 0 Å². The first-order valence-corrected chi connectivity index (χ1v) is 3.52. The standard InChI is InChI=1S/C8H12O4/c1-4-5-11-8(10)6(2)12-7(3)9/h4,6H,1,5H2,2-3H3. The van der Waals surface area contributed by atoms with E-state index in [1.165, 1.54) is 19.9 Å². The van der Waals surface area contributed by atoms with Gasteiger partial charge in [0, 0.05) is 6.92 Å². The van der Waals surface area contributed by atoms with Gasteiger partial charge in [0.25, 0.3) is 0 Å². The lowest BCUT2D eigenvalue weighted by molar-refractivity contribution is -0.164. The van der Waals surface area contributed by atoms with E-state index < -0.39 is 18.0 Å². The first-order chi connectivity index (χ1) is 5.57. The second-order valence-corrected chi connectivity index (χ2v) is 2.17. The van der Waals surface area contributed by atoms with Crippen LogP contribution in [0.4, 0.5) is 0 Å². The van der Waals surface area contributed by atoms with Crippen molar-refractivity contribution < 1.29 is 19.1 Å². The molecule has 0 N–H and O–H groups in total. The predicted molar refractivity (Wildman–Crippen MR) is 42.4 cm³/mol. The third-order valence-corrected chi connectivity index (χ3v) is 1.02. The molecule has 0 rings (SSSR count). The Morgan fingerprint density at radius 1 is 1.58 bits per heavy atom. The molecule has 68 valence electrons. The third kappa shape index (κ3) is 4.49. The SMILES string of the molecule is C=CCOC(=O)C(C)OC(C)=O. The van der Waals surface area contributed by atoms with Crippen LogP contribution in [0.3, 0.4) is 0 Å². The average molecular weight is 172 g/mol. The Morgan fingerprint density at radius 3 is 2.58 bits per heavy atom. The molecule has 0 saturated carbocycles. The number of esters is 2. The highest BCUT2D eigenvalue weighted by atomic mass is 16.6. The lowest BCUT2D eigenvalue weighted by atomic mass is 10.4. The van der Waals surface area contributed by atoms with E-state index in [4.69, 9.17) is 0 Å². The number of hydrogen-bond donors (Lipinski definition) is 0. The highest BCUT2D eigenvalue weighted by Crippen LogP contribution is 1.94. The van der Waals surface area contributed by atoms with Crippen molar-refractivity contribution in [1.29, 1.82) is 0 Å². The zero-order valence-corrected chi connectivity index (χ0v) is 7.20. The van der Waals surface area contributed by atoms with Gasteiger partial charge in [0.1, 0.15) is 6.61 Å². The van der Waals surface area contributed by atoms with E-state index in [-0.39, 0.29) is 6.61 Å². The van der Waals surface area contributed by atoms with Crippen LogP contribution in [0, 0.1) is 0 Å². The molecule has 0 aromatic rings. The van der Waals surface area contributed by atoms with Gasteiger partial charge in [-0.05, 0) is 6.92 Å². The summed E-state index contributed by atoms with van der Waals surface area (Å²) in [5.74, 6) is -1.07. The van der Waals surface area contributed by atoms with Crippen molar-refractivity contribution >= 4 is 11.9 Å². The molecule has 0 fully saturated rings. The van der Waals surface area contributed by atoms with Gasteiger partial charge in [-0.25, -0.2) is 4.79 Å². The largest absolute Gasteiger partial charge is 0.459 e. The van der Waals surface area contributed by atoms with Gasteiger partial charge in [0.05, 0.1) is 0 Å². The van der Waals surface area contributed by atoms with Crippen molar-refractivity contribution in [3.05, 3.63) is 12.7 Å². The summed E-state index contributed by atoms with van der Waals surface area (Å²) in [7, 11) is 0. The van der Waals surface area contributed by atoms with Crippen LogP contribution >= 0.6 is 0 Å². The molecule has 0 heterocycles. The van der Waals surface area contributed by atoms with E-state index in [0.29, 0.717) is 0 Å². The van der Waals surface area contributed by atoms with E-state index >= 15 is 0 Å². The van der Waals surface area contributed by atoms with Crippen LogP contribution in [0.5, 0.6) is 0 Å². The number of carbonyl (C=O) groups excluding carboxylic acids is 2. The normalized spacial score (nSPS) is 11.5. The minimum Gasteiger partial charge on any atom is -0.459 e. The molecule has 0 radical (unpaired) electrons. The smallest absolute Gasteiger partial charge is 0.347 e. The van der Waals surface area contributed by atoms with E-state index in [9.17, 15) is 9.59 Å². The highest BCUT2D eigenvalue weighted by Gasteiger charge is 2.16. The van der Waals surface area contributed by atoms with Gasteiger partial charge in [-0.1, -0.05) is 12.7 Å². The summed E-state index contributed by atoms with van der Waals surface area (Å²) >= 11 is 0. The maximum atomic E-state index is 10.9. The fourth-order valence-corrected chi connectivity index (χ4v) is 0.555. The average Bonchev–Trinajstić information content (AvgIpc) is 1.98. The molecule has 1 atom stereocenters. The molecular formula is C8H12O4. The van der Waals surface area contributed by atoms with Gasteiger partial charge in [-0.2, -0.15) is 0 Å². The molecule has 1 unspecified atom stereocenters. The summed E-state index contributed by atoms with van der Waals surface area (Å²) in [5.41, 5.74) is 0. The van der Waals surface area contributed by atoms with Gasteiger partial charge in [-0.3, -0.25) is 4.79 Å². The predicted octanol–water partition coefficient (Wildman–Crippen LogP) is 0.667. The monoisotopic (exact) mass is 172 g/mol.